The van der Waals surface area contributed by atoms with E-state index in [0.29, 0.717) is 30.0 Å². The first kappa shape index (κ1) is 19.0. The van der Waals surface area contributed by atoms with E-state index in [4.69, 9.17) is 10.5 Å². The third-order valence-corrected chi connectivity index (χ3v) is 5.20. The number of thiazole rings is 1. The average molecular weight is 391 g/mol. The molecule has 0 spiro atoms. The zero-order chi connectivity index (χ0) is 19.4. The molecule has 1 saturated heterocycles. The summed E-state index contributed by atoms with van der Waals surface area (Å²) in [6.45, 7) is 0.330. The van der Waals surface area contributed by atoms with E-state index in [9.17, 15) is 18.8 Å². The normalized spacial score (nSPS) is 16.8. The number of nitrogens with two attached hydrogens (primary N) is 1. The molecule has 142 valence electrons. The van der Waals surface area contributed by atoms with Gasteiger partial charge in [0.15, 0.2) is 12.3 Å². The number of hydrogen-bond acceptors (Lipinski definition) is 6. The van der Waals surface area contributed by atoms with Crippen LogP contribution < -0.4 is 5.73 Å². The van der Waals surface area contributed by atoms with Gasteiger partial charge >= 0.3 is 5.97 Å². The van der Waals surface area contributed by atoms with E-state index in [2.05, 4.69) is 4.98 Å². The number of rotatable bonds is 5. The lowest BCUT2D eigenvalue weighted by Crippen LogP contribution is -2.45. The highest BCUT2D eigenvalue weighted by Crippen LogP contribution is 2.24. The molecule has 7 nitrogen and oxygen atoms in total. The lowest BCUT2D eigenvalue weighted by atomic mass is 9.97. The summed E-state index contributed by atoms with van der Waals surface area (Å²) >= 11 is 1.22. The lowest BCUT2D eigenvalue weighted by Gasteiger charge is -2.30. The molecule has 2 amide bonds. The Labute approximate surface area is 158 Å². The second kappa shape index (κ2) is 8.26. The van der Waals surface area contributed by atoms with E-state index in [0.717, 1.165) is 0 Å². The second-order valence-electron chi connectivity index (χ2n) is 6.20. The van der Waals surface area contributed by atoms with Crippen LogP contribution in [-0.4, -0.2) is 47.4 Å². The summed E-state index contributed by atoms with van der Waals surface area (Å²) in [4.78, 5) is 41.3. The standard InChI is InChI=1S/C18H18FN3O4S/c19-13-5-3-11(4-6-13)17-21-14(10-27-17)18(25)26-9-15(23)22-7-1-2-12(8-22)16(20)24/h3-6,10,12H,1-2,7-9H2,(H2,20,24)/t12-/m0/s1. The van der Waals surface area contributed by atoms with Gasteiger partial charge in [-0.2, -0.15) is 0 Å². The predicted molar refractivity (Wildman–Crippen MR) is 96.3 cm³/mol. The maximum atomic E-state index is 13.0. The van der Waals surface area contributed by atoms with Crippen molar-refractivity contribution in [2.24, 2.45) is 11.7 Å². The molecule has 1 aliphatic heterocycles. The summed E-state index contributed by atoms with van der Waals surface area (Å²) < 4.78 is 18.0. The third kappa shape index (κ3) is 4.68. The fraction of sp³-hybridized carbons (Fsp3) is 0.333. The largest absolute Gasteiger partial charge is 0.451 e. The third-order valence-electron chi connectivity index (χ3n) is 4.31. The van der Waals surface area contributed by atoms with Gasteiger partial charge < -0.3 is 15.4 Å². The molecule has 1 aromatic heterocycles. The molecule has 1 aromatic carbocycles. The molecule has 9 heteroatoms. The minimum absolute atomic E-state index is 0.0841. The van der Waals surface area contributed by atoms with E-state index >= 15 is 0 Å². The Bertz CT molecular complexity index is 853. The summed E-state index contributed by atoms with van der Waals surface area (Å²) in [7, 11) is 0. The number of amides is 2. The number of piperidine rings is 1. The molecular formula is C18H18FN3O4S. The van der Waals surface area contributed by atoms with Crippen molar-refractivity contribution in [2.75, 3.05) is 19.7 Å². The van der Waals surface area contributed by atoms with Gasteiger partial charge in [0.25, 0.3) is 5.91 Å². The zero-order valence-corrected chi connectivity index (χ0v) is 15.2. The van der Waals surface area contributed by atoms with Gasteiger partial charge in [0, 0.05) is 24.0 Å². The lowest BCUT2D eigenvalue weighted by molar-refractivity contribution is -0.137. The van der Waals surface area contributed by atoms with Crippen molar-refractivity contribution in [3.63, 3.8) is 0 Å². The van der Waals surface area contributed by atoms with Crippen LogP contribution in [0.4, 0.5) is 4.39 Å². The summed E-state index contributed by atoms with van der Waals surface area (Å²) in [5.41, 5.74) is 6.06. The molecule has 0 saturated carbocycles. The average Bonchev–Trinajstić information content (AvgIpc) is 3.16. The molecule has 2 aromatic rings. The number of halogens is 1. The smallest absolute Gasteiger partial charge is 0.358 e. The minimum Gasteiger partial charge on any atom is -0.451 e. The fourth-order valence-corrected chi connectivity index (χ4v) is 3.62. The number of ether oxygens (including phenoxy) is 1. The summed E-state index contributed by atoms with van der Waals surface area (Å²) in [6, 6.07) is 5.76. The van der Waals surface area contributed by atoms with Crippen LogP contribution in [-0.2, 0) is 14.3 Å². The molecular weight excluding hydrogens is 373 g/mol. The van der Waals surface area contributed by atoms with Crippen LogP contribution in [0.25, 0.3) is 10.6 Å². The molecule has 0 bridgehead atoms. The van der Waals surface area contributed by atoms with Gasteiger partial charge in [-0.3, -0.25) is 9.59 Å². The van der Waals surface area contributed by atoms with Crippen molar-refractivity contribution in [2.45, 2.75) is 12.8 Å². The van der Waals surface area contributed by atoms with Gasteiger partial charge in [-0.15, -0.1) is 11.3 Å². The van der Waals surface area contributed by atoms with Gasteiger partial charge in [0.05, 0.1) is 5.92 Å². The van der Waals surface area contributed by atoms with Crippen molar-refractivity contribution < 1.29 is 23.5 Å². The first-order chi connectivity index (χ1) is 12.9. The number of primary amides is 1. The Kier molecular flexibility index (Phi) is 5.80. The Morgan fingerprint density at radius 2 is 2.04 bits per heavy atom. The first-order valence-corrected chi connectivity index (χ1v) is 9.27. The number of aromatic nitrogens is 1. The van der Waals surface area contributed by atoms with Gasteiger partial charge in [-0.25, -0.2) is 14.2 Å². The minimum atomic E-state index is -0.712. The van der Waals surface area contributed by atoms with Crippen LogP contribution in [0, 0.1) is 11.7 Å². The highest BCUT2D eigenvalue weighted by Gasteiger charge is 2.27. The van der Waals surface area contributed by atoms with Crippen LogP contribution in [0.5, 0.6) is 0 Å². The summed E-state index contributed by atoms with van der Waals surface area (Å²) in [6.07, 6.45) is 1.34. The number of carbonyl (C=O) groups excluding carboxylic acids is 3. The van der Waals surface area contributed by atoms with Gasteiger partial charge in [0.1, 0.15) is 10.8 Å². The van der Waals surface area contributed by atoms with Crippen molar-refractivity contribution in [1.82, 2.24) is 9.88 Å². The highest BCUT2D eigenvalue weighted by molar-refractivity contribution is 7.13. The fourth-order valence-electron chi connectivity index (χ4n) is 2.82. The molecule has 0 radical (unpaired) electrons. The predicted octanol–water partition coefficient (Wildman–Crippen LogP) is 1.83. The van der Waals surface area contributed by atoms with Crippen LogP contribution in [0.2, 0.25) is 0 Å². The van der Waals surface area contributed by atoms with E-state index in [1.54, 1.807) is 12.1 Å². The number of esters is 1. The molecule has 3 rings (SSSR count). The van der Waals surface area contributed by atoms with Gasteiger partial charge in [0.2, 0.25) is 5.91 Å². The molecule has 0 unspecified atom stereocenters. The van der Waals surface area contributed by atoms with Gasteiger partial charge in [-0.1, -0.05) is 0 Å². The van der Waals surface area contributed by atoms with Crippen molar-refractivity contribution >= 4 is 29.1 Å². The highest BCUT2D eigenvalue weighted by atomic mass is 32.1. The molecule has 1 fully saturated rings. The van der Waals surface area contributed by atoms with Crippen LogP contribution in [0.15, 0.2) is 29.6 Å². The van der Waals surface area contributed by atoms with Crippen molar-refractivity contribution in [1.29, 1.82) is 0 Å². The SMILES string of the molecule is NC(=O)[C@H]1CCCN(C(=O)COC(=O)c2csc(-c3ccc(F)cc3)n2)C1. The first-order valence-electron chi connectivity index (χ1n) is 8.39. The van der Waals surface area contributed by atoms with Gasteiger partial charge in [-0.05, 0) is 37.1 Å². The molecule has 1 atom stereocenters. The number of benzene rings is 1. The van der Waals surface area contributed by atoms with Crippen LogP contribution in [0.3, 0.4) is 0 Å². The maximum absolute atomic E-state index is 13.0. The van der Waals surface area contributed by atoms with E-state index in [1.165, 1.54) is 33.7 Å². The molecule has 1 aliphatic rings. The monoisotopic (exact) mass is 391 g/mol. The second-order valence-corrected chi connectivity index (χ2v) is 7.06. The molecule has 2 N–H and O–H groups in total. The Balaban J connectivity index is 1.55. The van der Waals surface area contributed by atoms with E-state index < -0.39 is 18.5 Å². The zero-order valence-electron chi connectivity index (χ0n) is 14.4. The molecule has 0 aliphatic carbocycles. The number of carbonyl (C=O) groups is 3. The molecule has 2 heterocycles. The van der Waals surface area contributed by atoms with Crippen molar-refractivity contribution in [3.05, 3.63) is 41.2 Å². The summed E-state index contributed by atoms with van der Waals surface area (Å²) in [5, 5.41) is 2.07. The Morgan fingerprint density at radius 1 is 1.30 bits per heavy atom. The summed E-state index contributed by atoms with van der Waals surface area (Å²) in [5.74, 6) is -2.24. The Morgan fingerprint density at radius 3 is 2.74 bits per heavy atom. The van der Waals surface area contributed by atoms with Crippen molar-refractivity contribution in [3.8, 4) is 10.6 Å². The van der Waals surface area contributed by atoms with Crippen LogP contribution in [0.1, 0.15) is 23.3 Å². The quantitative estimate of drug-likeness (QED) is 0.784. The molecule has 27 heavy (non-hydrogen) atoms. The van der Waals surface area contributed by atoms with E-state index in [1.807, 2.05) is 0 Å². The number of likely N-dealkylation sites (tertiary alicyclic amines) is 1. The topological polar surface area (TPSA) is 103 Å². The number of nitrogens with zero attached hydrogens (tertiary/aromatic N) is 2. The van der Waals surface area contributed by atoms with E-state index in [-0.39, 0.29) is 29.9 Å². The van der Waals surface area contributed by atoms with Crippen LogP contribution >= 0.6 is 11.3 Å². The maximum Gasteiger partial charge on any atom is 0.358 e. The Hall–Kier alpha value is -2.81. The number of hydrogen-bond donors (Lipinski definition) is 1.